The van der Waals surface area contributed by atoms with Crippen LogP contribution in [-0.2, 0) is 14.3 Å². The van der Waals surface area contributed by atoms with Gasteiger partial charge in [0.25, 0.3) is 0 Å². The highest BCUT2D eigenvalue weighted by molar-refractivity contribution is 7.11. The number of amides is 3. The Bertz CT molecular complexity index is 666. The Hall–Kier alpha value is -2.35. The van der Waals surface area contributed by atoms with Gasteiger partial charge in [-0.15, -0.1) is 10.2 Å². The van der Waals surface area contributed by atoms with Crippen LogP contribution in [0.3, 0.4) is 0 Å². The van der Waals surface area contributed by atoms with Gasteiger partial charge in [-0.05, 0) is 13.8 Å². The van der Waals surface area contributed by atoms with Gasteiger partial charge < -0.3 is 37.1 Å². The number of carbonyl (C=O) groups is 3. The van der Waals surface area contributed by atoms with Crippen molar-refractivity contribution in [1.82, 2.24) is 20.8 Å². The quantitative estimate of drug-likeness (QED) is 0.253. The van der Waals surface area contributed by atoms with Crippen LogP contribution in [0.5, 0.6) is 0 Å². The second-order valence-electron chi connectivity index (χ2n) is 5.83. The number of carbonyl (C=O) groups excluding carboxylic acids is 3. The third kappa shape index (κ3) is 6.71. The van der Waals surface area contributed by atoms with E-state index in [1.807, 2.05) is 0 Å². The molecule has 152 valence electrons. The first-order valence-corrected chi connectivity index (χ1v) is 8.76. The maximum absolute atomic E-state index is 12.2. The number of hydrogen-bond donors (Lipinski definition) is 6. The number of primary amides is 1. The van der Waals surface area contributed by atoms with Crippen molar-refractivity contribution in [1.29, 1.82) is 0 Å². The Labute approximate surface area is 159 Å². The number of rotatable bonds is 9. The number of hydrogen-bond acceptors (Lipinski definition) is 10. The van der Waals surface area contributed by atoms with Crippen molar-refractivity contribution in [2.45, 2.75) is 50.6 Å². The van der Waals surface area contributed by atoms with E-state index in [-0.39, 0.29) is 11.4 Å². The van der Waals surface area contributed by atoms with Crippen molar-refractivity contribution >= 4 is 29.2 Å². The van der Waals surface area contributed by atoms with Gasteiger partial charge in [0.05, 0.1) is 37.8 Å². The minimum Gasteiger partial charge on any atom is -0.467 e. The summed E-state index contributed by atoms with van der Waals surface area (Å²) < 4.78 is 4.51. The topological polar surface area (TPSA) is 203 Å². The number of nitrogens with one attached hydrogen (secondary N) is 2. The lowest BCUT2D eigenvalue weighted by molar-refractivity contribution is -0.145. The lowest BCUT2D eigenvalue weighted by Gasteiger charge is -2.21. The van der Waals surface area contributed by atoms with Gasteiger partial charge in [-0.3, -0.25) is 4.79 Å². The molecule has 1 aromatic rings. The van der Waals surface area contributed by atoms with E-state index >= 15 is 0 Å². The molecule has 1 rings (SSSR count). The molecule has 0 aliphatic rings. The van der Waals surface area contributed by atoms with Crippen LogP contribution in [-0.4, -0.2) is 63.7 Å². The van der Waals surface area contributed by atoms with E-state index in [4.69, 9.17) is 11.5 Å². The fraction of sp³-hybridized carbons (Fsp3) is 0.643. The summed E-state index contributed by atoms with van der Waals surface area (Å²) in [7, 11) is 1.11. The Kier molecular flexibility index (Phi) is 8.49. The first-order valence-electron chi connectivity index (χ1n) is 7.95. The number of esters is 1. The summed E-state index contributed by atoms with van der Waals surface area (Å²) in [6.07, 6.45) is -2.37. The molecule has 27 heavy (non-hydrogen) atoms. The average molecular weight is 404 g/mol. The van der Waals surface area contributed by atoms with Gasteiger partial charge >= 0.3 is 12.0 Å². The molecule has 1 aromatic heterocycles. The summed E-state index contributed by atoms with van der Waals surface area (Å²) in [5, 5.41) is 32.1. The largest absolute Gasteiger partial charge is 0.467 e. The van der Waals surface area contributed by atoms with E-state index in [1.54, 1.807) is 0 Å². The normalized spacial score (nSPS) is 16.5. The number of methoxy groups -OCH3 is 1. The number of aliphatic hydroxyl groups excluding tert-OH is 2. The van der Waals surface area contributed by atoms with Crippen molar-refractivity contribution in [2.75, 3.05) is 7.11 Å². The highest BCUT2D eigenvalue weighted by Gasteiger charge is 2.29. The summed E-state index contributed by atoms with van der Waals surface area (Å²) in [5.41, 5.74) is 11.0. The molecule has 13 heteroatoms. The fourth-order valence-corrected chi connectivity index (χ4v) is 2.97. The molecule has 1 heterocycles. The third-order valence-electron chi connectivity index (χ3n) is 3.49. The molecule has 3 amide bonds. The molecule has 8 N–H and O–H groups in total. The molecule has 0 aliphatic heterocycles. The van der Waals surface area contributed by atoms with E-state index in [0.717, 1.165) is 18.4 Å². The molecule has 0 aromatic carbocycles. The molecule has 0 spiro atoms. The van der Waals surface area contributed by atoms with Crippen LogP contribution < -0.4 is 22.1 Å². The van der Waals surface area contributed by atoms with Crippen LogP contribution in [0, 0.1) is 0 Å². The monoisotopic (exact) mass is 404 g/mol. The minimum atomic E-state index is -1.31. The third-order valence-corrected chi connectivity index (χ3v) is 4.63. The van der Waals surface area contributed by atoms with Gasteiger partial charge in [-0.1, -0.05) is 11.3 Å². The molecular formula is C14H24N6O6S. The molecule has 12 nitrogen and oxygen atoms in total. The number of nitrogens with zero attached hydrogens (tertiary/aromatic N) is 2. The Balaban J connectivity index is 2.93. The van der Waals surface area contributed by atoms with E-state index in [0.29, 0.717) is 5.01 Å². The number of urea groups is 1. The highest BCUT2D eigenvalue weighted by atomic mass is 32.1. The second kappa shape index (κ2) is 10.1. The van der Waals surface area contributed by atoms with Crippen molar-refractivity contribution in [3.63, 3.8) is 0 Å². The summed E-state index contributed by atoms with van der Waals surface area (Å²) in [6, 6.07) is -3.88. The van der Waals surface area contributed by atoms with Crippen molar-refractivity contribution in [3.8, 4) is 0 Å². The Morgan fingerprint density at radius 1 is 1.15 bits per heavy atom. The lowest BCUT2D eigenvalue weighted by atomic mass is 10.2. The van der Waals surface area contributed by atoms with Gasteiger partial charge in [-0.2, -0.15) is 0 Å². The highest BCUT2D eigenvalue weighted by Crippen LogP contribution is 2.25. The van der Waals surface area contributed by atoms with E-state index in [1.165, 1.54) is 13.8 Å². The van der Waals surface area contributed by atoms with Gasteiger partial charge in [-0.25, -0.2) is 9.59 Å². The zero-order valence-corrected chi connectivity index (χ0v) is 15.9. The van der Waals surface area contributed by atoms with E-state index in [2.05, 4.69) is 25.6 Å². The van der Waals surface area contributed by atoms with Crippen LogP contribution in [0.15, 0.2) is 0 Å². The van der Waals surface area contributed by atoms with Crippen LogP contribution in [0.2, 0.25) is 0 Å². The predicted octanol–water partition coefficient (Wildman–Crippen LogP) is -1.94. The van der Waals surface area contributed by atoms with Crippen molar-refractivity contribution < 1.29 is 29.3 Å². The SMILES string of the molecule is COC(=O)C(NC(=O)NC(CC(N)=O)c1nnc(C(N)C(C)O)s1)C(C)O. The summed E-state index contributed by atoms with van der Waals surface area (Å²) in [5.74, 6) is -1.55. The van der Waals surface area contributed by atoms with Gasteiger partial charge in [0.2, 0.25) is 5.91 Å². The molecule has 0 fully saturated rings. The maximum atomic E-state index is 12.2. The van der Waals surface area contributed by atoms with Gasteiger partial charge in [0.1, 0.15) is 10.0 Å². The molecule has 0 saturated carbocycles. The Morgan fingerprint density at radius 2 is 1.74 bits per heavy atom. The number of nitrogens with two attached hydrogens (primary N) is 2. The summed E-state index contributed by atoms with van der Waals surface area (Å²) >= 11 is 0.999. The van der Waals surface area contributed by atoms with Gasteiger partial charge in [0, 0.05) is 0 Å². The maximum Gasteiger partial charge on any atom is 0.331 e. The van der Waals surface area contributed by atoms with Crippen LogP contribution in [0.1, 0.15) is 42.4 Å². The number of ether oxygens (including phenoxy) is 1. The molecule has 5 unspecified atom stereocenters. The molecule has 0 aliphatic carbocycles. The summed E-state index contributed by atoms with van der Waals surface area (Å²) in [4.78, 5) is 35.1. The van der Waals surface area contributed by atoms with Crippen molar-refractivity contribution in [3.05, 3.63) is 10.0 Å². The molecule has 0 radical (unpaired) electrons. The molecule has 5 atom stereocenters. The average Bonchev–Trinajstić information content (AvgIpc) is 3.06. The first kappa shape index (κ1) is 22.7. The fourth-order valence-electron chi connectivity index (χ4n) is 1.97. The zero-order chi connectivity index (χ0) is 20.7. The zero-order valence-electron chi connectivity index (χ0n) is 15.1. The number of aliphatic hydroxyl groups is 2. The van der Waals surface area contributed by atoms with E-state index in [9.17, 15) is 24.6 Å². The standard InChI is InChI=1S/C14H24N6O6S/c1-5(21)9(16)12-20-19-11(27-12)7(4-8(15)23)17-14(25)18-10(6(2)22)13(24)26-3/h5-7,9-10,21-22H,4,16H2,1-3H3,(H2,15,23)(H2,17,18,25). The van der Waals surface area contributed by atoms with E-state index < -0.39 is 48.2 Å². The molecule has 0 saturated heterocycles. The predicted molar refractivity (Wildman–Crippen MR) is 94.2 cm³/mol. The van der Waals surface area contributed by atoms with Crippen LogP contribution in [0.4, 0.5) is 4.79 Å². The van der Waals surface area contributed by atoms with Crippen LogP contribution in [0.25, 0.3) is 0 Å². The Morgan fingerprint density at radius 3 is 2.22 bits per heavy atom. The summed E-state index contributed by atoms with van der Waals surface area (Å²) in [6.45, 7) is 2.79. The first-order chi connectivity index (χ1) is 12.6. The van der Waals surface area contributed by atoms with Crippen LogP contribution >= 0.6 is 11.3 Å². The molecule has 0 bridgehead atoms. The molecular weight excluding hydrogens is 380 g/mol. The smallest absolute Gasteiger partial charge is 0.331 e. The second-order valence-corrected chi connectivity index (χ2v) is 6.87. The van der Waals surface area contributed by atoms with Gasteiger partial charge in [0.15, 0.2) is 6.04 Å². The minimum absolute atomic E-state index is 0.238. The number of aromatic nitrogens is 2. The lowest BCUT2D eigenvalue weighted by Crippen LogP contribution is -2.52. The van der Waals surface area contributed by atoms with Crippen molar-refractivity contribution in [2.24, 2.45) is 11.5 Å².